The highest BCUT2D eigenvalue weighted by Gasteiger charge is 2.05. The highest BCUT2D eigenvalue weighted by molar-refractivity contribution is 6.30. The number of benzene rings is 2. The number of ether oxygens (including phenoxy) is 1. The third-order valence-electron chi connectivity index (χ3n) is 2.58. The molecular formula is C15H14ClNO3. The molecule has 2 rings (SSSR count). The molecule has 0 aliphatic rings. The Hall–Kier alpha value is -2.04. The average molecular weight is 292 g/mol. The number of hydrogen-bond acceptors (Lipinski definition) is 3. The van der Waals surface area contributed by atoms with Crippen LogP contribution in [0.5, 0.6) is 5.75 Å². The zero-order valence-corrected chi connectivity index (χ0v) is 11.4. The van der Waals surface area contributed by atoms with Gasteiger partial charge in [0.05, 0.1) is 6.61 Å². The summed E-state index contributed by atoms with van der Waals surface area (Å²) in [7, 11) is 0. The minimum absolute atomic E-state index is 0.0327. The van der Waals surface area contributed by atoms with Crippen molar-refractivity contribution in [3.63, 3.8) is 0 Å². The van der Waals surface area contributed by atoms with Crippen LogP contribution in [0.4, 0.5) is 5.69 Å². The Labute approximate surface area is 122 Å². The summed E-state index contributed by atoms with van der Waals surface area (Å²) in [5, 5.41) is 12.0. The van der Waals surface area contributed by atoms with Gasteiger partial charge in [-0.3, -0.25) is 4.79 Å². The molecule has 0 aliphatic heterocycles. The molecule has 0 aromatic heterocycles. The van der Waals surface area contributed by atoms with Gasteiger partial charge in [0.1, 0.15) is 12.4 Å². The number of nitrogens with one attached hydrogen (secondary N) is 1. The Bertz CT molecular complexity index is 567. The van der Waals surface area contributed by atoms with E-state index in [1.165, 1.54) is 0 Å². The second-order valence-corrected chi connectivity index (χ2v) is 4.49. The maximum atomic E-state index is 12.0. The zero-order valence-electron chi connectivity index (χ0n) is 10.7. The Kier molecular flexibility index (Phi) is 4.98. The normalized spacial score (nSPS) is 10.1. The summed E-state index contributed by atoms with van der Waals surface area (Å²) >= 11 is 5.77. The minimum Gasteiger partial charge on any atom is -0.491 e. The third-order valence-corrected chi connectivity index (χ3v) is 2.83. The van der Waals surface area contributed by atoms with Crippen LogP contribution < -0.4 is 10.1 Å². The number of rotatable bonds is 5. The van der Waals surface area contributed by atoms with Gasteiger partial charge in [-0.05, 0) is 48.5 Å². The Morgan fingerprint density at radius 3 is 2.35 bits per heavy atom. The van der Waals surface area contributed by atoms with Crippen LogP contribution in [0, 0.1) is 0 Å². The van der Waals surface area contributed by atoms with Crippen LogP contribution in [-0.2, 0) is 0 Å². The maximum absolute atomic E-state index is 12.0. The number of carbonyl (C=O) groups excluding carboxylic acids is 1. The molecule has 0 unspecified atom stereocenters. The quantitative estimate of drug-likeness (QED) is 0.890. The van der Waals surface area contributed by atoms with Crippen molar-refractivity contribution in [2.75, 3.05) is 18.5 Å². The summed E-state index contributed by atoms with van der Waals surface area (Å²) in [6.07, 6.45) is 0. The van der Waals surface area contributed by atoms with Crippen LogP contribution in [0.25, 0.3) is 0 Å². The fourth-order valence-electron chi connectivity index (χ4n) is 1.60. The van der Waals surface area contributed by atoms with Crippen molar-refractivity contribution in [3.8, 4) is 5.75 Å². The molecule has 0 heterocycles. The van der Waals surface area contributed by atoms with Crippen LogP contribution in [-0.4, -0.2) is 24.2 Å². The summed E-state index contributed by atoms with van der Waals surface area (Å²) in [5.41, 5.74) is 1.20. The fraction of sp³-hybridized carbons (Fsp3) is 0.133. The highest BCUT2D eigenvalue weighted by Crippen LogP contribution is 2.17. The van der Waals surface area contributed by atoms with Gasteiger partial charge in [0.25, 0.3) is 5.91 Å². The minimum atomic E-state index is -0.203. The smallest absolute Gasteiger partial charge is 0.255 e. The van der Waals surface area contributed by atoms with E-state index in [-0.39, 0.29) is 19.1 Å². The number of aliphatic hydroxyl groups excluding tert-OH is 1. The van der Waals surface area contributed by atoms with Gasteiger partial charge in [-0.25, -0.2) is 0 Å². The summed E-state index contributed by atoms with van der Waals surface area (Å²) in [6.45, 7) is 0.214. The van der Waals surface area contributed by atoms with E-state index in [0.29, 0.717) is 22.0 Å². The molecule has 0 saturated carbocycles. The molecule has 2 aromatic carbocycles. The maximum Gasteiger partial charge on any atom is 0.255 e. The van der Waals surface area contributed by atoms with Crippen LogP contribution in [0.3, 0.4) is 0 Å². The van der Waals surface area contributed by atoms with Crippen molar-refractivity contribution in [2.24, 2.45) is 0 Å². The molecule has 1 amide bonds. The fourth-order valence-corrected chi connectivity index (χ4v) is 1.73. The topological polar surface area (TPSA) is 58.6 Å². The molecule has 5 heteroatoms. The molecule has 0 fully saturated rings. The van der Waals surface area contributed by atoms with Crippen LogP contribution in [0.2, 0.25) is 5.02 Å². The van der Waals surface area contributed by atoms with Gasteiger partial charge in [-0.1, -0.05) is 11.6 Å². The largest absolute Gasteiger partial charge is 0.491 e. The first-order valence-electron chi connectivity index (χ1n) is 6.09. The monoisotopic (exact) mass is 291 g/mol. The number of halogens is 1. The number of hydrogen-bond donors (Lipinski definition) is 2. The SMILES string of the molecule is O=C(Nc1ccc(OCCO)cc1)c1ccc(Cl)cc1. The summed E-state index contributed by atoms with van der Waals surface area (Å²) in [5.74, 6) is 0.439. The number of anilines is 1. The average Bonchev–Trinajstić information content (AvgIpc) is 2.47. The molecule has 104 valence electrons. The number of aliphatic hydroxyl groups is 1. The van der Waals surface area contributed by atoms with Crippen LogP contribution in [0.1, 0.15) is 10.4 Å². The highest BCUT2D eigenvalue weighted by atomic mass is 35.5. The molecule has 0 radical (unpaired) electrons. The van der Waals surface area contributed by atoms with E-state index in [0.717, 1.165) is 0 Å². The zero-order chi connectivity index (χ0) is 14.4. The first-order valence-corrected chi connectivity index (χ1v) is 6.47. The van der Waals surface area contributed by atoms with Crippen molar-refractivity contribution in [3.05, 3.63) is 59.1 Å². The van der Waals surface area contributed by atoms with Crippen molar-refractivity contribution in [2.45, 2.75) is 0 Å². The lowest BCUT2D eigenvalue weighted by atomic mass is 10.2. The molecule has 4 nitrogen and oxygen atoms in total. The lowest BCUT2D eigenvalue weighted by Crippen LogP contribution is -2.11. The van der Waals surface area contributed by atoms with Crippen molar-refractivity contribution in [1.82, 2.24) is 0 Å². The van der Waals surface area contributed by atoms with Gasteiger partial charge in [-0.15, -0.1) is 0 Å². The number of carbonyl (C=O) groups is 1. The van der Waals surface area contributed by atoms with Gasteiger partial charge in [0.2, 0.25) is 0 Å². The van der Waals surface area contributed by atoms with Gasteiger partial charge >= 0.3 is 0 Å². The summed E-state index contributed by atoms with van der Waals surface area (Å²) < 4.78 is 5.24. The van der Waals surface area contributed by atoms with Gasteiger partial charge in [0.15, 0.2) is 0 Å². The second kappa shape index (κ2) is 6.93. The Morgan fingerprint density at radius 2 is 1.75 bits per heavy atom. The van der Waals surface area contributed by atoms with E-state index < -0.39 is 0 Å². The first-order chi connectivity index (χ1) is 9.69. The summed E-state index contributed by atoms with van der Waals surface area (Å²) in [4.78, 5) is 12.0. The van der Waals surface area contributed by atoms with E-state index in [2.05, 4.69) is 5.32 Å². The van der Waals surface area contributed by atoms with E-state index in [1.807, 2.05) is 0 Å². The van der Waals surface area contributed by atoms with Crippen molar-refractivity contribution in [1.29, 1.82) is 0 Å². The molecular weight excluding hydrogens is 278 g/mol. The molecule has 0 atom stereocenters. The van der Waals surface area contributed by atoms with Crippen molar-refractivity contribution < 1.29 is 14.6 Å². The van der Waals surface area contributed by atoms with E-state index in [9.17, 15) is 4.79 Å². The Morgan fingerprint density at radius 1 is 1.10 bits per heavy atom. The summed E-state index contributed by atoms with van der Waals surface area (Å²) in [6, 6.07) is 13.6. The molecule has 0 saturated heterocycles. The van der Waals surface area contributed by atoms with Gasteiger partial charge in [0, 0.05) is 16.3 Å². The lowest BCUT2D eigenvalue weighted by molar-refractivity contribution is 0.102. The second-order valence-electron chi connectivity index (χ2n) is 4.06. The Balaban J connectivity index is 1.99. The first kappa shape index (κ1) is 14.4. The molecule has 2 N–H and O–H groups in total. The molecule has 0 spiro atoms. The van der Waals surface area contributed by atoms with Crippen molar-refractivity contribution >= 4 is 23.2 Å². The molecule has 20 heavy (non-hydrogen) atoms. The molecule has 2 aromatic rings. The van der Waals surface area contributed by atoms with E-state index >= 15 is 0 Å². The predicted octanol–water partition coefficient (Wildman–Crippen LogP) is 2.96. The van der Waals surface area contributed by atoms with Gasteiger partial charge in [-0.2, -0.15) is 0 Å². The van der Waals surface area contributed by atoms with Gasteiger partial charge < -0.3 is 15.2 Å². The van der Waals surface area contributed by atoms with E-state index in [1.54, 1.807) is 48.5 Å². The number of amides is 1. The lowest BCUT2D eigenvalue weighted by Gasteiger charge is -2.07. The predicted molar refractivity (Wildman–Crippen MR) is 78.4 cm³/mol. The van der Waals surface area contributed by atoms with E-state index in [4.69, 9.17) is 21.4 Å². The third kappa shape index (κ3) is 3.98. The standard InChI is InChI=1S/C15H14ClNO3/c16-12-3-1-11(2-4-12)15(19)17-13-5-7-14(8-6-13)20-10-9-18/h1-8,18H,9-10H2,(H,17,19). The van der Waals surface area contributed by atoms with Crippen LogP contribution in [0.15, 0.2) is 48.5 Å². The molecule has 0 aliphatic carbocycles. The molecule has 0 bridgehead atoms. The van der Waals surface area contributed by atoms with Crippen LogP contribution >= 0.6 is 11.6 Å².